The molecule has 0 N–H and O–H groups in total. The number of alkyl halides is 1. The van der Waals surface area contributed by atoms with E-state index in [1.54, 1.807) is 0 Å². The molecule has 4 heteroatoms. The highest BCUT2D eigenvalue weighted by Crippen LogP contribution is 2.16. The van der Waals surface area contributed by atoms with E-state index in [9.17, 15) is 4.39 Å². The van der Waals surface area contributed by atoms with Gasteiger partial charge in [0.2, 0.25) is 0 Å². The fraction of sp³-hybridized carbons (Fsp3) is 1.00. The Morgan fingerprint density at radius 1 is 1.50 bits per heavy atom. The average Bonchev–Trinajstić information content (AvgIpc) is 2.03. The highest BCUT2D eigenvalue weighted by atomic mass is 127. The van der Waals surface area contributed by atoms with Crippen LogP contribution in [0.2, 0.25) is 0 Å². The van der Waals surface area contributed by atoms with Gasteiger partial charge in [-0.25, -0.2) is 7.50 Å². The molecule has 1 saturated heterocycles. The summed E-state index contributed by atoms with van der Waals surface area (Å²) in [4.78, 5) is 2.25. The highest BCUT2D eigenvalue weighted by Gasteiger charge is 2.27. The second-order valence-corrected chi connectivity index (χ2v) is 4.87. The van der Waals surface area contributed by atoms with Gasteiger partial charge in [0.1, 0.15) is 6.67 Å². The monoisotopic (exact) mass is 286 g/mol. The Balaban J connectivity index is 2.50. The minimum Gasteiger partial charge on any atom is -0.293 e. The molecule has 1 fully saturated rings. The first kappa shape index (κ1) is 10.7. The Kier molecular flexibility index (Phi) is 4.19. The zero-order chi connectivity index (χ0) is 9.14. The molecule has 0 aliphatic carbocycles. The first-order chi connectivity index (χ1) is 5.65. The van der Waals surface area contributed by atoms with Crippen molar-refractivity contribution in [2.24, 2.45) is 0 Å². The lowest BCUT2D eigenvalue weighted by Gasteiger charge is -2.40. The van der Waals surface area contributed by atoms with Crippen molar-refractivity contribution in [3.63, 3.8) is 0 Å². The summed E-state index contributed by atoms with van der Waals surface area (Å²) in [5, 5.41) is 0. The number of piperazine rings is 1. The van der Waals surface area contributed by atoms with Crippen molar-refractivity contribution in [3.8, 4) is 0 Å². The third-order valence-electron chi connectivity index (χ3n) is 2.32. The number of hydrogen-bond acceptors (Lipinski definition) is 2. The molecule has 0 aromatic carbocycles. The average molecular weight is 286 g/mol. The maximum Gasteiger partial charge on any atom is 0.106 e. The molecule has 1 unspecified atom stereocenters. The molecule has 1 aliphatic heterocycles. The zero-order valence-electron chi connectivity index (χ0n) is 7.63. The summed E-state index contributed by atoms with van der Waals surface area (Å²) in [5.74, 6) is 0. The summed E-state index contributed by atoms with van der Waals surface area (Å²) < 4.78 is 14.8. The van der Waals surface area contributed by atoms with Gasteiger partial charge < -0.3 is 0 Å². The number of rotatable bonds is 2. The molecule has 1 aliphatic rings. The van der Waals surface area contributed by atoms with Gasteiger partial charge in [-0.1, -0.05) is 0 Å². The van der Waals surface area contributed by atoms with E-state index in [-0.39, 0.29) is 12.7 Å². The topological polar surface area (TPSA) is 6.48 Å². The predicted molar refractivity (Wildman–Crippen MR) is 57.2 cm³/mol. The molecule has 0 aromatic rings. The second kappa shape index (κ2) is 4.72. The van der Waals surface area contributed by atoms with E-state index in [1.165, 1.54) is 0 Å². The van der Waals surface area contributed by atoms with Crippen LogP contribution in [-0.2, 0) is 0 Å². The maximum atomic E-state index is 12.6. The van der Waals surface area contributed by atoms with Gasteiger partial charge in [-0.3, -0.25) is 4.90 Å². The summed E-state index contributed by atoms with van der Waals surface area (Å²) >= 11 is 2.27. The zero-order valence-corrected chi connectivity index (χ0v) is 9.79. The van der Waals surface area contributed by atoms with Crippen molar-refractivity contribution in [1.82, 2.24) is 8.01 Å². The fourth-order valence-electron chi connectivity index (χ4n) is 1.65. The first-order valence-electron chi connectivity index (χ1n) is 4.37. The van der Waals surface area contributed by atoms with Crippen molar-refractivity contribution in [3.05, 3.63) is 0 Å². The maximum absolute atomic E-state index is 12.6. The van der Waals surface area contributed by atoms with E-state index in [4.69, 9.17) is 0 Å². The standard InChI is InChI=1S/C8H16FIN2/c1-7(2)12-4-3-11(10)6-8(12)5-9/h7-8H,3-6H2,1-2H3. The van der Waals surface area contributed by atoms with Gasteiger partial charge in [-0.05, 0) is 13.8 Å². The third-order valence-corrected chi connectivity index (χ3v) is 3.20. The van der Waals surface area contributed by atoms with Crippen LogP contribution in [0.25, 0.3) is 0 Å². The van der Waals surface area contributed by atoms with Crippen LogP contribution in [0, 0.1) is 0 Å². The highest BCUT2D eigenvalue weighted by molar-refractivity contribution is 14.1. The van der Waals surface area contributed by atoms with E-state index < -0.39 is 0 Å². The molecule has 0 amide bonds. The Morgan fingerprint density at radius 2 is 2.17 bits per heavy atom. The minimum atomic E-state index is -0.225. The van der Waals surface area contributed by atoms with E-state index >= 15 is 0 Å². The summed E-state index contributed by atoms with van der Waals surface area (Å²) in [7, 11) is 0. The van der Waals surface area contributed by atoms with Crippen LogP contribution in [0.4, 0.5) is 4.39 Å². The molecule has 0 bridgehead atoms. The van der Waals surface area contributed by atoms with Gasteiger partial charge in [0, 0.05) is 48.5 Å². The minimum absolute atomic E-state index is 0.107. The summed E-state index contributed by atoms with van der Waals surface area (Å²) in [6, 6.07) is 0.575. The summed E-state index contributed by atoms with van der Waals surface area (Å²) in [5.41, 5.74) is 0. The summed E-state index contributed by atoms with van der Waals surface area (Å²) in [6.07, 6.45) is 0. The molecule has 0 radical (unpaired) electrons. The number of halogens is 2. The quantitative estimate of drug-likeness (QED) is 0.563. The Labute approximate surface area is 87.6 Å². The van der Waals surface area contributed by atoms with Crippen molar-refractivity contribution >= 4 is 22.9 Å². The third kappa shape index (κ3) is 2.53. The number of nitrogens with zero attached hydrogens (tertiary/aromatic N) is 2. The molecule has 1 heterocycles. The van der Waals surface area contributed by atoms with E-state index in [0.717, 1.165) is 19.6 Å². The van der Waals surface area contributed by atoms with Gasteiger partial charge >= 0.3 is 0 Å². The Hall–Kier alpha value is 0.580. The first-order valence-corrected chi connectivity index (χ1v) is 5.34. The molecule has 0 saturated carbocycles. The molecule has 12 heavy (non-hydrogen) atoms. The Bertz CT molecular complexity index is 143. The van der Waals surface area contributed by atoms with Gasteiger partial charge in [-0.2, -0.15) is 0 Å². The predicted octanol–water partition coefficient (Wildman–Crippen LogP) is 1.70. The van der Waals surface area contributed by atoms with Gasteiger partial charge in [0.05, 0.1) is 6.04 Å². The molecule has 0 spiro atoms. The largest absolute Gasteiger partial charge is 0.293 e. The Morgan fingerprint density at radius 3 is 2.67 bits per heavy atom. The van der Waals surface area contributed by atoms with Crippen molar-refractivity contribution in [1.29, 1.82) is 0 Å². The van der Waals surface area contributed by atoms with Crippen LogP contribution in [0.3, 0.4) is 0 Å². The fourth-order valence-corrected chi connectivity index (χ4v) is 2.32. The van der Waals surface area contributed by atoms with Gasteiger partial charge in [-0.15, -0.1) is 0 Å². The molecular weight excluding hydrogens is 270 g/mol. The van der Waals surface area contributed by atoms with E-state index in [1.807, 2.05) is 0 Å². The smallest absolute Gasteiger partial charge is 0.106 e. The summed E-state index contributed by atoms with van der Waals surface area (Å²) in [6.45, 7) is 6.94. The molecule has 1 atom stereocenters. The van der Waals surface area contributed by atoms with E-state index in [0.29, 0.717) is 6.04 Å². The molecule has 72 valence electrons. The van der Waals surface area contributed by atoms with Gasteiger partial charge in [0.15, 0.2) is 0 Å². The van der Waals surface area contributed by atoms with Gasteiger partial charge in [0.25, 0.3) is 0 Å². The van der Waals surface area contributed by atoms with Crippen LogP contribution < -0.4 is 0 Å². The van der Waals surface area contributed by atoms with Crippen molar-refractivity contribution in [2.75, 3.05) is 26.3 Å². The number of hydrogen-bond donors (Lipinski definition) is 0. The second-order valence-electron chi connectivity index (χ2n) is 3.51. The van der Waals surface area contributed by atoms with Crippen LogP contribution in [-0.4, -0.2) is 46.4 Å². The van der Waals surface area contributed by atoms with Crippen LogP contribution in [0.1, 0.15) is 13.8 Å². The molecule has 1 rings (SSSR count). The van der Waals surface area contributed by atoms with Crippen molar-refractivity contribution in [2.45, 2.75) is 25.9 Å². The molecule has 2 nitrogen and oxygen atoms in total. The lowest BCUT2D eigenvalue weighted by Crippen LogP contribution is -2.53. The SMILES string of the molecule is CC(C)N1CCN(I)CC1CF. The lowest BCUT2D eigenvalue weighted by atomic mass is 10.1. The normalized spacial score (nSPS) is 28.2. The van der Waals surface area contributed by atoms with Crippen LogP contribution in [0.5, 0.6) is 0 Å². The molecular formula is C8H16FIN2. The van der Waals surface area contributed by atoms with Crippen LogP contribution in [0.15, 0.2) is 0 Å². The molecule has 0 aromatic heterocycles. The van der Waals surface area contributed by atoms with Crippen LogP contribution >= 0.6 is 22.9 Å². The van der Waals surface area contributed by atoms with Crippen molar-refractivity contribution < 1.29 is 4.39 Å². The van der Waals surface area contributed by atoms with E-state index in [2.05, 4.69) is 44.7 Å². The lowest BCUT2D eigenvalue weighted by molar-refractivity contribution is 0.0807.